The minimum Gasteiger partial charge on any atom is -0.273 e. The van der Waals surface area contributed by atoms with E-state index in [1.807, 2.05) is 0 Å². The Hall–Kier alpha value is -1.71. The van der Waals surface area contributed by atoms with E-state index in [0.29, 0.717) is 11.8 Å². The first-order valence-electron chi connectivity index (χ1n) is 6.84. The van der Waals surface area contributed by atoms with E-state index in [2.05, 4.69) is 10.5 Å². The highest BCUT2D eigenvalue weighted by atomic mass is 19.1. The lowest BCUT2D eigenvalue weighted by Gasteiger charge is -2.04. The van der Waals surface area contributed by atoms with E-state index in [0.717, 1.165) is 5.56 Å². The molecule has 2 aliphatic rings. The van der Waals surface area contributed by atoms with Gasteiger partial charge in [0, 0.05) is 5.92 Å². The van der Waals surface area contributed by atoms with Crippen LogP contribution in [0.4, 0.5) is 4.39 Å². The highest BCUT2D eigenvalue weighted by molar-refractivity contribution is 5.85. The number of rotatable bonds is 3. The fraction of sp³-hybridized carbons (Fsp3) is 0.467. The van der Waals surface area contributed by atoms with E-state index in [-0.39, 0.29) is 17.6 Å². The molecule has 1 amide bonds. The zero-order valence-electron chi connectivity index (χ0n) is 10.7. The Kier molecular flexibility index (Phi) is 3.32. The maximum atomic E-state index is 12.7. The summed E-state index contributed by atoms with van der Waals surface area (Å²) in [5.41, 5.74) is 3.37. The summed E-state index contributed by atoms with van der Waals surface area (Å²) in [5, 5.41) is 3.94. The van der Waals surface area contributed by atoms with Gasteiger partial charge in [-0.2, -0.15) is 5.10 Å². The average molecular weight is 260 g/mol. The van der Waals surface area contributed by atoms with E-state index in [1.165, 1.54) is 37.8 Å². The molecule has 3 rings (SSSR count). The quantitative estimate of drug-likeness (QED) is 0.659. The molecule has 3 nitrogen and oxygen atoms in total. The minimum absolute atomic E-state index is 0.0373. The number of benzene rings is 1. The summed E-state index contributed by atoms with van der Waals surface area (Å²) >= 11 is 0. The fourth-order valence-electron chi connectivity index (χ4n) is 3.18. The standard InChI is InChI=1S/C15H17FN2O/c16-11-7-5-10(6-8-11)9-17-18-15(19)14-12-3-1-2-4-13(12)14/h5-9,12-14H,1-4H2,(H,18,19)/b17-9+. The largest absolute Gasteiger partial charge is 0.273 e. The first-order valence-corrected chi connectivity index (χ1v) is 6.84. The van der Waals surface area contributed by atoms with Gasteiger partial charge >= 0.3 is 0 Å². The zero-order valence-corrected chi connectivity index (χ0v) is 10.7. The Balaban J connectivity index is 1.52. The number of nitrogens with one attached hydrogen (secondary N) is 1. The van der Waals surface area contributed by atoms with Crippen molar-refractivity contribution in [2.24, 2.45) is 22.9 Å². The second-order valence-corrected chi connectivity index (χ2v) is 5.42. The van der Waals surface area contributed by atoms with E-state index < -0.39 is 0 Å². The molecule has 0 heterocycles. The van der Waals surface area contributed by atoms with Gasteiger partial charge in [-0.3, -0.25) is 4.79 Å². The van der Waals surface area contributed by atoms with Crippen LogP contribution in [0.25, 0.3) is 0 Å². The molecule has 2 saturated carbocycles. The number of hydrogen-bond acceptors (Lipinski definition) is 2. The topological polar surface area (TPSA) is 41.5 Å². The molecule has 2 aliphatic carbocycles. The molecule has 2 fully saturated rings. The summed E-state index contributed by atoms with van der Waals surface area (Å²) in [6.45, 7) is 0. The van der Waals surface area contributed by atoms with Crippen LogP contribution in [0.15, 0.2) is 29.4 Å². The van der Waals surface area contributed by atoms with Gasteiger partial charge in [0.15, 0.2) is 0 Å². The molecular weight excluding hydrogens is 243 g/mol. The van der Waals surface area contributed by atoms with E-state index in [1.54, 1.807) is 18.3 Å². The molecule has 2 unspecified atom stereocenters. The minimum atomic E-state index is -0.275. The summed E-state index contributed by atoms with van der Waals surface area (Å²) in [4.78, 5) is 11.9. The summed E-state index contributed by atoms with van der Waals surface area (Å²) in [6, 6.07) is 6.00. The number of halogens is 1. The van der Waals surface area contributed by atoms with Crippen molar-refractivity contribution in [3.8, 4) is 0 Å². The van der Waals surface area contributed by atoms with Crippen LogP contribution in [0.1, 0.15) is 31.2 Å². The Morgan fingerprint density at radius 2 is 1.84 bits per heavy atom. The lowest BCUT2D eigenvalue weighted by Crippen LogP contribution is -2.20. The second-order valence-electron chi connectivity index (χ2n) is 5.42. The van der Waals surface area contributed by atoms with Crippen molar-refractivity contribution in [3.05, 3.63) is 35.6 Å². The summed E-state index contributed by atoms with van der Waals surface area (Å²) in [6.07, 6.45) is 6.42. The lowest BCUT2D eigenvalue weighted by atomic mass is 10.0. The van der Waals surface area contributed by atoms with Crippen LogP contribution in [0.5, 0.6) is 0 Å². The van der Waals surface area contributed by atoms with Crippen molar-refractivity contribution in [2.45, 2.75) is 25.7 Å². The third-order valence-corrected chi connectivity index (χ3v) is 4.22. The van der Waals surface area contributed by atoms with Crippen molar-refractivity contribution in [1.29, 1.82) is 0 Å². The predicted molar refractivity (Wildman–Crippen MR) is 71.1 cm³/mol. The molecule has 0 aromatic heterocycles. The lowest BCUT2D eigenvalue weighted by molar-refractivity contribution is -0.122. The van der Waals surface area contributed by atoms with Gasteiger partial charge in [-0.25, -0.2) is 9.82 Å². The molecule has 100 valence electrons. The number of hydrazone groups is 1. The summed E-state index contributed by atoms with van der Waals surface area (Å²) < 4.78 is 12.7. The van der Waals surface area contributed by atoms with Crippen molar-refractivity contribution in [3.63, 3.8) is 0 Å². The predicted octanol–water partition coefficient (Wildman–Crippen LogP) is 2.71. The van der Waals surface area contributed by atoms with Crippen LogP contribution in [0, 0.1) is 23.6 Å². The molecule has 1 aromatic carbocycles. The number of hydrogen-bond donors (Lipinski definition) is 1. The van der Waals surface area contributed by atoms with Crippen LogP contribution in [-0.2, 0) is 4.79 Å². The van der Waals surface area contributed by atoms with Crippen molar-refractivity contribution < 1.29 is 9.18 Å². The first kappa shape index (κ1) is 12.3. The van der Waals surface area contributed by atoms with Gasteiger partial charge in [0.2, 0.25) is 5.91 Å². The molecular formula is C15H17FN2O. The highest BCUT2D eigenvalue weighted by Crippen LogP contribution is 2.55. The monoisotopic (exact) mass is 260 g/mol. The first-order chi connectivity index (χ1) is 9.25. The van der Waals surface area contributed by atoms with Crippen LogP contribution < -0.4 is 5.43 Å². The smallest absolute Gasteiger partial charge is 0.243 e. The van der Waals surface area contributed by atoms with Gasteiger partial charge < -0.3 is 0 Å². The number of carbonyl (C=O) groups excluding carboxylic acids is 1. The number of carbonyl (C=O) groups is 1. The van der Waals surface area contributed by atoms with Crippen molar-refractivity contribution >= 4 is 12.1 Å². The van der Waals surface area contributed by atoms with Crippen molar-refractivity contribution in [2.75, 3.05) is 0 Å². The SMILES string of the molecule is O=C(N/N=C/c1ccc(F)cc1)C1C2CCCCC21. The Morgan fingerprint density at radius 3 is 2.47 bits per heavy atom. The number of fused-ring (bicyclic) bond motifs is 1. The molecule has 1 N–H and O–H groups in total. The Labute approximate surface area is 111 Å². The molecule has 1 aromatic rings. The van der Waals surface area contributed by atoms with E-state index in [4.69, 9.17) is 0 Å². The Bertz CT molecular complexity index is 485. The number of amides is 1. The Morgan fingerprint density at radius 1 is 1.21 bits per heavy atom. The third kappa shape index (κ3) is 2.67. The summed E-state index contributed by atoms with van der Waals surface area (Å²) in [7, 11) is 0. The maximum absolute atomic E-state index is 12.7. The molecule has 0 bridgehead atoms. The molecule has 0 radical (unpaired) electrons. The van der Waals surface area contributed by atoms with Crippen LogP contribution in [0.3, 0.4) is 0 Å². The maximum Gasteiger partial charge on any atom is 0.243 e. The summed E-state index contributed by atoms with van der Waals surface area (Å²) in [5.74, 6) is 1.12. The van der Waals surface area contributed by atoms with Gasteiger partial charge in [-0.15, -0.1) is 0 Å². The van der Waals surface area contributed by atoms with Crippen LogP contribution in [-0.4, -0.2) is 12.1 Å². The molecule has 19 heavy (non-hydrogen) atoms. The zero-order chi connectivity index (χ0) is 13.2. The highest BCUT2D eigenvalue weighted by Gasteiger charge is 2.54. The molecule has 0 spiro atoms. The van der Waals surface area contributed by atoms with E-state index >= 15 is 0 Å². The third-order valence-electron chi connectivity index (χ3n) is 4.22. The van der Waals surface area contributed by atoms with E-state index in [9.17, 15) is 9.18 Å². The number of nitrogens with zero attached hydrogens (tertiary/aromatic N) is 1. The molecule has 0 aliphatic heterocycles. The van der Waals surface area contributed by atoms with Gasteiger partial charge in [-0.1, -0.05) is 25.0 Å². The molecule has 4 heteroatoms. The molecule has 0 saturated heterocycles. The van der Waals surface area contributed by atoms with Gasteiger partial charge in [-0.05, 0) is 42.4 Å². The van der Waals surface area contributed by atoms with Crippen LogP contribution >= 0.6 is 0 Å². The van der Waals surface area contributed by atoms with Crippen molar-refractivity contribution in [1.82, 2.24) is 5.43 Å². The van der Waals surface area contributed by atoms with Crippen LogP contribution in [0.2, 0.25) is 0 Å². The van der Waals surface area contributed by atoms with Gasteiger partial charge in [0.1, 0.15) is 5.82 Å². The molecule has 2 atom stereocenters. The fourth-order valence-corrected chi connectivity index (χ4v) is 3.18. The van der Waals surface area contributed by atoms with Gasteiger partial charge in [0.25, 0.3) is 0 Å². The second kappa shape index (κ2) is 5.11. The average Bonchev–Trinajstić information content (AvgIpc) is 3.15. The van der Waals surface area contributed by atoms with Gasteiger partial charge in [0.05, 0.1) is 6.21 Å². The normalized spacial score (nSPS) is 29.0.